The van der Waals surface area contributed by atoms with Crippen molar-refractivity contribution >= 4 is 0 Å². The van der Waals surface area contributed by atoms with E-state index in [0.29, 0.717) is 25.7 Å². The highest BCUT2D eigenvalue weighted by atomic mass is 16.6. The van der Waals surface area contributed by atoms with Gasteiger partial charge in [-0.15, -0.1) is 0 Å². The third kappa shape index (κ3) is 14.8. The van der Waals surface area contributed by atoms with Crippen LogP contribution in [-0.2, 0) is 18.9 Å². The predicted molar refractivity (Wildman–Crippen MR) is 91.4 cm³/mol. The molecule has 0 aliphatic heterocycles. The van der Waals surface area contributed by atoms with Crippen LogP contribution in [0.2, 0.25) is 0 Å². The first-order valence-corrected chi connectivity index (χ1v) is 8.88. The average Bonchev–Trinajstić information content (AvgIpc) is 2.47. The molecule has 0 N–H and O–H groups in total. The first kappa shape index (κ1) is 21.8. The Hall–Kier alpha value is -0.160. The van der Waals surface area contributed by atoms with Gasteiger partial charge in [0.2, 0.25) is 0 Å². The summed E-state index contributed by atoms with van der Waals surface area (Å²) in [5.41, 5.74) is 0. The molecule has 0 saturated heterocycles. The summed E-state index contributed by atoms with van der Waals surface area (Å²) in [6.45, 7) is 16.2. The smallest absolute Gasteiger partial charge is 0.0781 e. The molecule has 3 unspecified atom stereocenters. The zero-order valence-electron chi connectivity index (χ0n) is 15.6. The minimum absolute atomic E-state index is 0.0790. The van der Waals surface area contributed by atoms with E-state index in [-0.39, 0.29) is 18.3 Å². The van der Waals surface area contributed by atoms with Gasteiger partial charge < -0.3 is 18.9 Å². The molecule has 4 nitrogen and oxygen atoms in total. The van der Waals surface area contributed by atoms with E-state index in [1.165, 1.54) is 0 Å². The van der Waals surface area contributed by atoms with Crippen LogP contribution in [0, 0.1) is 5.92 Å². The van der Waals surface area contributed by atoms with Crippen LogP contribution in [0.3, 0.4) is 0 Å². The van der Waals surface area contributed by atoms with Crippen LogP contribution >= 0.6 is 0 Å². The Morgan fingerprint density at radius 3 is 1.77 bits per heavy atom. The Morgan fingerprint density at radius 2 is 1.23 bits per heavy atom. The molecule has 0 radical (unpaired) electrons. The molecular weight excluding hydrogens is 280 g/mol. The summed E-state index contributed by atoms with van der Waals surface area (Å²) in [6, 6.07) is 0. The van der Waals surface area contributed by atoms with Crippen molar-refractivity contribution in [3.8, 4) is 0 Å². The molecule has 0 heterocycles. The first-order chi connectivity index (χ1) is 10.5. The first-order valence-electron chi connectivity index (χ1n) is 8.88. The van der Waals surface area contributed by atoms with Gasteiger partial charge in [0.05, 0.1) is 38.1 Å². The molecule has 134 valence electrons. The Bertz CT molecular complexity index is 233. The molecule has 4 heteroatoms. The lowest BCUT2D eigenvalue weighted by atomic mass is 10.1. The van der Waals surface area contributed by atoms with Crippen LogP contribution in [0.5, 0.6) is 0 Å². The van der Waals surface area contributed by atoms with E-state index >= 15 is 0 Å². The average molecular weight is 318 g/mol. The quantitative estimate of drug-likeness (QED) is 0.427. The molecule has 0 aliphatic carbocycles. The number of hydrogen-bond acceptors (Lipinski definition) is 4. The number of rotatable bonds is 15. The van der Waals surface area contributed by atoms with Gasteiger partial charge in [-0.25, -0.2) is 0 Å². The fourth-order valence-electron chi connectivity index (χ4n) is 1.74. The lowest BCUT2D eigenvalue weighted by Crippen LogP contribution is -2.26. The lowest BCUT2D eigenvalue weighted by molar-refractivity contribution is -0.0803. The van der Waals surface area contributed by atoms with E-state index in [4.69, 9.17) is 18.9 Å². The molecule has 22 heavy (non-hydrogen) atoms. The molecule has 0 bridgehead atoms. The van der Waals surface area contributed by atoms with Gasteiger partial charge in [-0.1, -0.05) is 27.2 Å². The monoisotopic (exact) mass is 318 g/mol. The Balaban J connectivity index is 3.52. The van der Waals surface area contributed by atoms with E-state index in [1.807, 2.05) is 13.8 Å². The van der Waals surface area contributed by atoms with Gasteiger partial charge in [0, 0.05) is 13.2 Å². The molecular formula is C18H38O4. The van der Waals surface area contributed by atoms with E-state index in [1.54, 1.807) is 0 Å². The normalized spacial score (nSPS) is 16.0. The van der Waals surface area contributed by atoms with E-state index in [2.05, 4.69) is 27.7 Å². The maximum Gasteiger partial charge on any atom is 0.0781 e. The van der Waals surface area contributed by atoms with Gasteiger partial charge in [0.25, 0.3) is 0 Å². The molecule has 0 saturated carbocycles. The highest BCUT2D eigenvalue weighted by Gasteiger charge is 2.10. The van der Waals surface area contributed by atoms with Gasteiger partial charge in [-0.2, -0.15) is 0 Å². The lowest BCUT2D eigenvalue weighted by Gasteiger charge is -2.20. The van der Waals surface area contributed by atoms with Crippen LogP contribution in [0.4, 0.5) is 0 Å². The SMILES string of the molecule is CCCCOC(C)COC(C)COC(C)COCCC(C)C. The summed E-state index contributed by atoms with van der Waals surface area (Å²) >= 11 is 0. The molecule has 0 rings (SSSR count). The van der Waals surface area contributed by atoms with Crippen LogP contribution in [0.1, 0.15) is 60.8 Å². The van der Waals surface area contributed by atoms with Crippen LogP contribution < -0.4 is 0 Å². The van der Waals surface area contributed by atoms with E-state index < -0.39 is 0 Å². The summed E-state index contributed by atoms with van der Waals surface area (Å²) in [4.78, 5) is 0. The Labute approximate surface area is 137 Å². The number of unbranched alkanes of at least 4 members (excludes halogenated alkanes) is 1. The minimum atomic E-state index is 0.0790. The van der Waals surface area contributed by atoms with E-state index in [0.717, 1.165) is 32.5 Å². The van der Waals surface area contributed by atoms with Crippen molar-refractivity contribution in [2.24, 2.45) is 5.92 Å². The largest absolute Gasteiger partial charge is 0.379 e. The van der Waals surface area contributed by atoms with Crippen molar-refractivity contribution in [1.29, 1.82) is 0 Å². The number of hydrogen-bond donors (Lipinski definition) is 0. The third-order valence-corrected chi connectivity index (χ3v) is 3.32. The highest BCUT2D eigenvalue weighted by Crippen LogP contribution is 2.03. The van der Waals surface area contributed by atoms with Gasteiger partial charge in [-0.3, -0.25) is 0 Å². The summed E-state index contributed by atoms with van der Waals surface area (Å²) in [6.07, 6.45) is 3.70. The van der Waals surface area contributed by atoms with Crippen molar-refractivity contribution in [3.63, 3.8) is 0 Å². The van der Waals surface area contributed by atoms with Crippen molar-refractivity contribution in [2.75, 3.05) is 33.0 Å². The topological polar surface area (TPSA) is 36.9 Å². The Morgan fingerprint density at radius 1 is 0.682 bits per heavy atom. The van der Waals surface area contributed by atoms with E-state index in [9.17, 15) is 0 Å². The van der Waals surface area contributed by atoms with Crippen LogP contribution in [-0.4, -0.2) is 51.3 Å². The standard InChI is InChI=1S/C18H38O4/c1-7-8-10-20-17(5)13-22-18(6)14-21-16(4)12-19-11-9-15(2)3/h15-18H,7-14H2,1-6H3. The van der Waals surface area contributed by atoms with Crippen molar-refractivity contribution in [3.05, 3.63) is 0 Å². The second-order valence-electron chi connectivity index (χ2n) is 6.58. The van der Waals surface area contributed by atoms with Crippen LogP contribution in [0.15, 0.2) is 0 Å². The van der Waals surface area contributed by atoms with Crippen molar-refractivity contribution < 1.29 is 18.9 Å². The highest BCUT2D eigenvalue weighted by molar-refractivity contribution is 4.55. The zero-order valence-corrected chi connectivity index (χ0v) is 15.6. The van der Waals surface area contributed by atoms with Gasteiger partial charge in [0.1, 0.15) is 0 Å². The molecule has 3 atom stereocenters. The predicted octanol–water partition coefficient (Wildman–Crippen LogP) is 4.06. The van der Waals surface area contributed by atoms with Gasteiger partial charge in [-0.05, 0) is 39.5 Å². The maximum absolute atomic E-state index is 5.75. The van der Waals surface area contributed by atoms with Crippen molar-refractivity contribution in [1.82, 2.24) is 0 Å². The van der Waals surface area contributed by atoms with Crippen molar-refractivity contribution in [2.45, 2.75) is 79.1 Å². The van der Waals surface area contributed by atoms with Gasteiger partial charge in [0.15, 0.2) is 0 Å². The molecule has 0 aromatic carbocycles. The van der Waals surface area contributed by atoms with Crippen LogP contribution in [0.25, 0.3) is 0 Å². The molecule has 0 aromatic heterocycles. The fraction of sp³-hybridized carbons (Fsp3) is 1.00. The third-order valence-electron chi connectivity index (χ3n) is 3.32. The molecule has 0 amide bonds. The Kier molecular flexibility index (Phi) is 14.3. The molecule has 0 aliphatic rings. The molecule has 0 aromatic rings. The second-order valence-corrected chi connectivity index (χ2v) is 6.58. The maximum atomic E-state index is 5.75. The summed E-state index contributed by atoms with van der Waals surface area (Å²) in [7, 11) is 0. The van der Waals surface area contributed by atoms with Gasteiger partial charge >= 0.3 is 0 Å². The number of ether oxygens (including phenoxy) is 4. The zero-order chi connectivity index (χ0) is 16.8. The molecule has 0 fully saturated rings. The fourth-order valence-corrected chi connectivity index (χ4v) is 1.74. The summed E-state index contributed by atoms with van der Waals surface area (Å²) in [5.74, 6) is 0.686. The second kappa shape index (κ2) is 14.4. The molecule has 0 spiro atoms. The summed E-state index contributed by atoms with van der Waals surface area (Å²) < 4.78 is 22.8. The minimum Gasteiger partial charge on any atom is -0.379 e. The summed E-state index contributed by atoms with van der Waals surface area (Å²) in [5, 5.41) is 0.